The van der Waals surface area contributed by atoms with Crippen LogP contribution in [0.25, 0.3) is 11.0 Å². The van der Waals surface area contributed by atoms with Gasteiger partial charge in [-0.3, -0.25) is 0 Å². The minimum atomic E-state index is -0.874. The standard InChI is InChI=1S/C29H39N7O5/c1-17-18(16-33-25-23(17)24(30)35-27(31)36-25)15-32-19-9-11-20(12-10-19)39-14-13-22(34-28(38)41-29(2,3)4)26(37)40-21-7-5-6-8-21/h9-12,16,21-22,32H,5-8,13-15H2,1-4H3,(H,34,38)(H4,30,31,33,35,36)/t22-/m0/s1. The van der Waals surface area contributed by atoms with Gasteiger partial charge in [0.05, 0.1) is 12.0 Å². The summed E-state index contributed by atoms with van der Waals surface area (Å²) in [6, 6.07) is 6.57. The number of esters is 1. The van der Waals surface area contributed by atoms with Crippen LogP contribution in [0.3, 0.4) is 0 Å². The Kier molecular flexibility index (Phi) is 9.31. The topological polar surface area (TPSA) is 177 Å². The minimum Gasteiger partial charge on any atom is -0.493 e. The molecule has 4 rings (SSSR count). The highest BCUT2D eigenvalue weighted by molar-refractivity contribution is 5.90. The molecule has 220 valence electrons. The van der Waals surface area contributed by atoms with Crippen LogP contribution in [0.1, 0.15) is 64.0 Å². The van der Waals surface area contributed by atoms with Crippen molar-refractivity contribution in [1.29, 1.82) is 0 Å². The van der Waals surface area contributed by atoms with E-state index in [2.05, 4.69) is 25.6 Å². The Bertz CT molecular complexity index is 1370. The summed E-state index contributed by atoms with van der Waals surface area (Å²) in [4.78, 5) is 37.7. The molecule has 0 bridgehead atoms. The Morgan fingerprint density at radius 2 is 1.80 bits per heavy atom. The molecule has 0 spiro atoms. The van der Waals surface area contributed by atoms with E-state index in [4.69, 9.17) is 25.7 Å². The van der Waals surface area contributed by atoms with E-state index in [1.165, 1.54) is 0 Å². The van der Waals surface area contributed by atoms with Crippen LogP contribution >= 0.6 is 0 Å². The number of hydrogen-bond donors (Lipinski definition) is 4. The Labute approximate surface area is 239 Å². The molecule has 0 unspecified atom stereocenters. The number of nitrogens with two attached hydrogens (primary N) is 2. The number of anilines is 3. The molecule has 1 aliphatic rings. The lowest BCUT2D eigenvalue weighted by molar-refractivity contribution is -0.151. The third kappa shape index (κ3) is 8.32. The van der Waals surface area contributed by atoms with Crippen molar-refractivity contribution in [3.8, 4) is 5.75 Å². The third-order valence-corrected chi connectivity index (χ3v) is 6.71. The minimum absolute atomic E-state index is 0.0916. The van der Waals surface area contributed by atoms with Crippen molar-refractivity contribution < 1.29 is 23.8 Å². The Balaban J connectivity index is 1.31. The van der Waals surface area contributed by atoms with Crippen LogP contribution in [-0.4, -0.2) is 51.4 Å². The summed E-state index contributed by atoms with van der Waals surface area (Å²) in [5, 5.41) is 6.70. The molecule has 12 heteroatoms. The molecular formula is C29H39N7O5. The van der Waals surface area contributed by atoms with Gasteiger partial charge in [0.1, 0.15) is 29.3 Å². The number of fused-ring (bicyclic) bond motifs is 1. The van der Waals surface area contributed by atoms with Gasteiger partial charge in [-0.05, 0) is 88.8 Å². The van der Waals surface area contributed by atoms with Gasteiger partial charge in [0.15, 0.2) is 5.65 Å². The molecule has 0 aliphatic heterocycles. The van der Waals surface area contributed by atoms with Crippen LogP contribution in [0, 0.1) is 6.92 Å². The molecule has 12 nitrogen and oxygen atoms in total. The van der Waals surface area contributed by atoms with Crippen molar-refractivity contribution in [2.45, 2.75) is 84.1 Å². The Morgan fingerprint density at radius 3 is 2.49 bits per heavy atom. The number of pyridine rings is 1. The molecule has 2 heterocycles. The van der Waals surface area contributed by atoms with Crippen LogP contribution in [-0.2, 0) is 20.8 Å². The summed E-state index contributed by atoms with van der Waals surface area (Å²) in [7, 11) is 0. The van der Waals surface area contributed by atoms with E-state index in [9.17, 15) is 9.59 Å². The number of benzene rings is 1. The number of nitrogens with zero attached hydrogens (tertiary/aromatic N) is 3. The fourth-order valence-electron chi connectivity index (χ4n) is 4.62. The molecule has 1 fully saturated rings. The number of carbonyl (C=O) groups excluding carboxylic acids is 2. The zero-order valence-corrected chi connectivity index (χ0v) is 24.0. The number of nitrogens with one attached hydrogen (secondary N) is 2. The zero-order valence-electron chi connectivity index (χ0n) is 24.0. The molecule has 3 aromatic rings. The van der Waals surface area contributed by atoms with E-state index in [0.29, 0.717) is 29.1 Å². The number of alkyl carbamates (subject to hydrolysis) is 1. The van der Waals surface area contributed by atoms with Crippen LogP contribution in [0.4, 0.5) is 22.2 Å². The summed E-state index contributed by atoms with van der Waals surface area (Å²) in [5.41, 5.74) is 14.3. The lowest BCUT2D eigenvalue weighted by Crippen LogP contribution is -2.45. The van der Waals surface area contributed by atoms with E-state index in [1.807, 2.05) is 31.2 Å². The summed E-state index contributed by atoms with van der Waals surface area (Å²) in [6.45, 7) is 7.95. The first-order valence-corrected chi connectivity index (χ1v) is 13.8. The van der Waals surface area contributed by atoms with Gasteiger partial charge < -0.3 is 36.3 Å². The molecular weight excluding hydrogens is 526 g/mol. The smallest absolute Gasteiger partial charge is 0.408 e. The van der Waals surface area contributed by atoms with Gasteiger partial charge >= 0.3 is 12.1 Å². The van der Waals surface area contributed by atoms with Crippen LogP contribution in [0.15, 0.2) is 30.5 Å². The Hall–Kier alpha value is -4.35. The molecule has 41 heavy (non-hydrogen) atoms. The highest BCUT2D eigenvalue weighted by Gasteiger charge is 2.28. The second kappa shape index (κ2) is 12.9. The maximum Gasteiger partial charge on any atom is 0.408 e. The fraction of sp³-hybridized carbons (Fsp3) is 0.483. The second-order valence-corrected chi connectivity index (χ2v) is 11.1. The van der Waals surface area contributed by atoms with Crippen molar-refractivity contribution >= 4 is 40.5 Å². The highest BCUT2D eigenvalue weighted by Crippen LogP contribution is 2.25. The number of ether oxygens (including phenoxy) is 3. The maximum absolute atomic E-state index is 12.8. The van der Waals surface area contributed by atoms with E-state index < -0.39 is 23.7 Å². The zero-order chi connectivity index (χ0) is 29.6. The summed E-state index contributed by atoms with van der Waals surface area (Å²) >= 11 is 0. The SMILES string of the molecule is Cc1c(CNc2ccc(OCC[C@H](NC(=O)OC(C)(C)C)C(=O)OC3CCCC3)cc2)cnc2nc(N)nc(N)c12. The normalized spacial score (nSPS) is 14.4. The van der Waals surface area contributed by atoms with E-state index in [0.717, 1.165) is 42.5 Å². The number of aryl methyl sites for hydroxylation is 1. The van der Waals surface area contributed by atoms with Crippen molar-refractivity contribution in [3.05, 3.63) is 41.6 Å². The van der Waals surface area contributed by atoms with Crippen LogP contribution in [0.2, 0.25) is 0 Å². The van der Waals surface area contributed by atoms with Crippen LogP contribution < -0.4 is 26.8 Å². The summed E-state index contributed by atoms with van der Waals surface area (Å²) < 4.78 is 16.8. The predicted molar refractivity (Wildman–Crippen MR) is 156 cm³/mol. The molecule has 0 saturated heterocycles. The quantitative estimate of drug-likeness (QED) is 0.258. The van der Waals surface area contributed by atoms with Gasteiger partial charge in [-0.25, -0.2) is 14.6 Å². The van der Waals surface area contributed by atoms with E-state index in [-0.39, 0.29) is 25.1 Å². The van der Waals surface area contributed by atoms with Crippen LogP contribution in [0.5, 0.6) is 5.75 Å². The van der Waals surface area contributed by atoms with Gasteiger partial charge in [-0.2, -0.15) is 9.97 Å². The first kappa shape index (κ1) is 29.6. The molecule has 6 N–H and O–H groups in total. The number of rotatable bonds is 10. The van der Waals surface area contributed by atoms with Crippen molar-refractivity contribution in [2.75, 3.05) is 23.4 Å². The monoisotopic (exact) mass is 565 g/mol. The van der Waals surface area contributed by atoms with E-state index in [1.54, 1.807) is 27.0 Å². The number of nitrogen functional groups attached to an aromatic ring is 2. The first-order chi connectivity index (χ1) is 19.5. The average molecular weight is 566 g/mol. The summed E-state index contributed by atoms with van der Waals surface area (Å²) in [6.07, 6.45) is 4.96. The number of aromatic nitrogens is 3. The van der Waals surface area contributed by atoms with Gasteiger partial charge in [-0.1, -0.05) is 0 Å². The second-order valence-electron chi connectivity index (χ2n) is 11.1. The van der Waals surface area contributed by atoms with Crippen molar-refractivity contribution in [1.82, 2.24) is 20.3 Å². The summed E-state index contributed by atoms with van der Waals surface area (Å²) in [5.74, 6) is 0.549. The Morgan fingerprint density at radius 1 is 1.10 bits per heavy atom. The average Bonchev–Trinajstić information content (AvgIpc) is 3.40. The molecule has 1 atom stereocenters. The largest absolute Gasteiger partial charge is 0.493 e. The van der Waals surface area contributed by atoms with Gasteiger partial charge in [-0.15, -0.1) is 0 Å². The predicted octanol–water partition coefficient (Wildman–Crippen LogP) is 4.26. The number of carbonyl (C=O) groups is 2. The maximum atomic E-state index is 12.8. The molecule has 2 aromatic heterocycles. The molecule has 1 aromatic carbocycles. The molecule has 1 amide bonds. The number of hydrogen-bond acceptors (Lipinski definition) is 11. The first-order valence-electron chi connectivity index (χ1n) is 13.8. The molecule has 0 radical (unpaired) electrons. The van der Waals surface area contributed by atoms with Gasteiger partial charge in [0.2, 0.25) is 5.95 Å². The van der Waals surface area contributed by atoms with Gasteiger partial charge in [0, 0.05) is 24.8 Å². The molecule has 1 saturated carbocycles. The third-order valence-electron chi connectivity index (χ3n) is 6.71. The van der Waals surface area contributed by atoms with Gasteiger partial charge in [0.25, 0.3) is 0 Å². The highest BCUT2D eigenvalue weighted by atomic mass is 16.6. The van der Waals surface area contributed by atoms with Crippen molar-refractivity contribution in [2.24, 2.45) is 0 Å². The molecule has 1 aliphatic carbocycles. The van der Waals surface area contributed by atoms with E-state index >= 15 is 0 Å². The lowest BCUT2D eigenvalue weighted by Gasteiger charge is -2.24. The lowest BCUT2D eigenvalue weighted by atomic mass is 10.1. The fourth-order valence-corrected chi connectivity index (χ4v) is 4.62. The van der Waals surface area contributed by atoms with Crippen molar-refractivity contribution in [3.63, 3.8) is 0 Å². The number of amides is 1.